The third-order valence-corrected chi connectivity index (χ3v) is 4.72. The third kappa shape index (κ3) is 3.55. The van der Waals surface area contributed by atoms with Crippen LogP contribution in [0.4, 0.5) is 0 Å². The van der Waals surface area contributed by atoms with Crippen LogP contribution >= 0.6 is 11.6 Å². The Balaban J connectivity index is 1.70. The van der Waals surface area contributed by atoms with Crippen molar-refractivity contribution in [2.45, 2.75) is 24.9 Å². The summed E-state index contributed by atoms with van der Waals surface area (Å²) in [5, 5.41) is 14.1. The predicted octanol–water partition coefficient (Wildman–Crippen LogP) is 3.00. The maximum Gasteiger partial charge on any atom is 0.255 e. The van der Waals surface area contributed by atoms with Crippen molar-refractivity contribution in [3.8, 4) is 5.75 Å². The van der Waals surface area contributed by atoms with E-state index in [1.165, 1.54) is 12.7 Å². The number of aryl methyl sites for hydroxylation is 1. The molecule has 5 heteroatoms. The van der Waals surface area contributed by atoms with Crippen molar-refractivity contribution >= 4 is 17.5 Å². The van der Waals surface area contributed by atoms with E-state index in [2.05, 4.69) is 11.4 Å². The summed E-state index contributed by atoms with van der Waals surface area (Å²) in [6, 6.07) is 13.0. The molecule has 1 atom stereocenters. The second-order valence-electron chi connectivity index (χ2n) is 6.20. The Kier molecular flexibility index (Phi) is 4.78. The summed E-state index contributed by atoms with van der Waals surface area (Å²) in [6.07, 6.45) is 1.97. The van der Waals surface area contributed by atoms with Crippen LogP contribution in [0.2, 0.25) is 5.02 Å². The minimum Gasteiger partial charge on any atom is -0.496 e. The molecule has 2 aromatic carbocycles. The van der Waals surface area contributed by atoms with Gasteiger partial charge in [0.15, 0.2) is 0 Å². The van der Waals surface area contributed by atoms with E-state index in [4.69, 9.17) is 16.3 Å². The first-order valence-corrected chi connectivity index (χ1v) is 8.29. The van der Waals surface area contributed by atoms with Crippen molar-refractivity contribution in [3.05, 3.63) is 64.2 Å². The highest BCUT2D eigenvalue weighted by atomic mass is 35.5. The Morgan fingerprint density at radius 2 is 2.04 bits per heavy atom. The normalized spacial score (nSPS) is 19.5. The molecule has 0 saturated heterocycles. The van der Waals surface area contributed by atoms with Crippen molar-refractivity contribution in [3.63, 3.8) is 0 Å². The molecule has 0 aliphatic heterocycles. The van der Waals surface area contributed by atoms with Crippen molar-refractivity contribution < 1.29 is 14.6 Å². The largest absolute Gasteiger partial charge is 0.496 e. The second-order valence-corrected chi connectivity index (χ2v) is 6.63. The smallest absolute Gasteiger partial charge is 0.255 e. The second kappa shape index (κ2) is 6.83. The number of ether oxygens (including phenoxy) is 1. The summed E-state index contributed by atoms with van der Waals surface area (Å²) in [6.45, 7) is 0.190. The molecule has 1 aliphatic rings. The molecule has 4 nitrogen and oxygen atoms in total. The lowest BCUT2D eigenvalue weighted by atomic mass is 9.80. The average Bonchev–Trinajstić information content (AvgIpc) is 2.59. The van der Waals surface area contributed by atoms with E-state index in [1.807, 2.05) is 18.2 Å². The first kappa shape index (κ1) is 16.8. The van der Waals surface area contributed by atoms with Gasteiger partial charge in [-0.15, -0.1) is 0 Å². The molecule has 3 rings (SSSR count). The van der Waals surface area contributed by atoms with Gasteiger partial charge in [0.05, 0.1) is 18.3 Å². The highest BCUT2D eigenvalue weighted by molar-refractivity contribution is 6.31. The Hall–Kier alpha value is -2.04. The monoisotopic (exact) mass is 345 g/mol. The molecule has 0 fully saturated rings. The first-order valence-electron chi connectivity index (χ1n) is 7.92. The highest BCUT2D eigenvalue weighted by Gasteiger charge is 2.32. The van der Waals surface area contributed by atoms with Gasteiger partial charge in [0.25, 0.3) is 5.91 Å². The zero-order valence-corrected chi connectivity index (χ0v) is 14.3. The van der Waals surface area contributed by atoms with Crippen LogP contribution in [0.5, 0.6) is 5.75 Å². The Labute approximate surface area is 146 Å². The minimum atomic E-state index is -0.935. The summed E-state index contributed by atoms with van der Waals surface area (Å²) in [5.74, 6) is 0.152. The Bertz CT molecular complexity index is 762. The number of carbonyl (C=O) groups is 1. The van der Waals surface area contributed by atoms with Crippen LogP contribution in [-0.4, -0.2) is 30.3 Å². The molecule has 0 spiro atoms. The number of carbonyl (C=O) groups excluding carboxylic acids is 1. The van der Waals surface area contributed by atoms with Gasteiger partial charge in [-0.25, -0.2) is 0 Å². The van der Waals surface area contributed by atoms with Crippen molar-refractivity contribution in [2.24, 2.45) is 0 Å². The molecule has 2 N–H and O–H groups in total. The van der Waals surface area contributed by atoms with E-state index in [1.54, 1.807) is 18.2 Å². The molecule has 1 aliphatic carbocycles. The molecular weight excluding hydrogens is 326 g/mol. The fourth-order valence-corrected chi connectivity index (χ4v) is 3.30. The maximum atomic E-state index is 12.4. The Morgan fingerprint density at radius 3 is 2.79 bits per heavy atom. The van der Waals surface area contributed by atoms with Crippen LogP contribution in [0.3, 0.4) is 0 Å². The quantitative estimate of drug-likeness (QED) is 0.895. The molecular formula is C19H20ClNO3. The highest BCUT2D eigenvalue weighted by Crippen LogP contribution is 2.28. The van der Waals surface area contributed by atoms with Gasteiger partial charge in [-0.05, 0) is 42.2 Å². The lowest BCUT2D eigenvalue weighted by molar-refractivity contribution is 0.0259. The van der Waals surface area contributed by atoms with Gasteiger partial charge in [-0.1, -0.05) is 35.9 Å². The number of rotatable bonds is 4. The predicted molar refractivity (Wildman–Crippen MR) is 93.8 cm³/mol. The fourth-order valence-electron chi connectivity index (χ4n) is 3.13. The number of aliphatic hydroxyl groups is 1. The van der Waals surface area contributed by atoms with Crippen molar-refractivity contribution in [1.82, 2.24) is 5.32 Å². The molecule has 0 heterocycles. The van der Waals surface area contributed by atoms with Crippen LogP contribution in [0.25, 0.3) is 0 Å². The molecule has 2 aromatic rings. The van der Waals surface area contributed by atoms with E-state index in [-0.39, 0.29) is 12.5 Å². The van der Waals surface area contributed by atoms with Gasteiger partial charge in [0.2, 0.25) is 0 Å². The molecule has 1 unspecified atom stereocenters. The molecule has 0 saturated carbocycles. The van der Waals surface area contributed by atoms with Crippen LogP contribution in [0.1, 0.15) is 27.9 Å². The van der Waals surface area contributed by atoms with E-state index in [0.29, 0.717) is 29.2 Å². The summed E-state index contributed by atoms with van der Waals surface area (Å²) >= 11 is 5.97. The number of amides is 1. The van der Waals surface area contributed by atoms with Crippen LogP contribution in [0, 0.1) is 0 Å². The summed E-state index contributed by atoms with van der Waals surface area (Å²) < 4.78 is 5.20. The lowest BCUT2D eigenvalue weighted by Crippen LogP contribution is -2.46. The van der Waals surface area contributed by atoms with Gasteiger partial charge < -0.3 is 15.2 Å². The number of methoxy groups -OCH3 is 1. The van der Waals surface area contributed by atoms with Gasteiger partial charge in [-0.2, -0.15) is 0 Å². The average molecular weight is 346 g/mol. The number of hydrogen-bond donors (Lipinski definition) is 2. The van der Waals surface area contributed by atoms with Gasteiger partial charge in [-0.3, -0.25) is 4.79 Å². The summed E-state index contributed by atoms with van der Waals surface area (Å²) in [5.41, 5.74) is 1.84. The van der Waals surface area contributed by atoms with Gasteiger partial charge >= 0.3 is 0 Å². The fraction of sp³-hybridized carbons (Fsp3) is 0.316. The third-order valence-electron chi connectivity index (χ3n) is 4.48. The van der Waals surface area contributed by atoms with Crippen molar-refractivity contribution in [2.75, 3.05) is 13.7 Å². The maximum absolute atomic E-state index is 12.4. The topological polar surface area (TPSA) is 58.6 Å². The molecule has 0 radical (unpaired) electrons. The van der Waals surface area contributed by atoms with E-state index >= 15 is 0 Å². The number of benzene rings is 2. The zero-order chi connectivity index (χ0) is 17.2. The van der Waals surface area contributed by atoms with Gasteiger partial charge in [0, 0.05) is 18.0 Å². The minimum absolute atomic E-state index is 0.190. The van der Waals surface area contributed by atoms with Crippen LogP contribution < -0.4 is 10.1 Å². The van der Waals surface area contributed by atoms with Gasteiger partial charge in [0.1, 0.15) is 5.75 Å². The summed E-state index contributed by atoms with van der Waals surface area (Å²) in [7, 11) is 1.51. The number of hydrogen-bond acceptors (Lipinski definition) is 3. The molecule has 24 heavy (non-hydrogen) atoms. The lowest BCUT2D eigenvalue weighted by Gasteiger charge is -2.33. The standard InChI is InChI=1S/C19H20ClNO3/c1-24-17-7-6-15(20)10-16(17)18(22)21-12-19(23)9-8-13-4-2-3-5-14(13)11-19/h2-7,10,23H,8-9,11-12H2,1H3,(H,21,22). The Morgan fingerprint density at radius 1 is 1.29 bits per heavy atom. The van der Waals surface area contributed by atoms with Crippen LogP contribution in [0.15, 0.2) is 42.5 Å². The van der Waals surface area contributed by atoms with E-state index in [9.17, 15) is 9.90 Å². The first-order chi connectivity index (χ1) is 11.5. The molecule has 0 aromatic heterocycles. The van der Waals surface area contributed by atoms with E-state index in [0.717, 1.165) is 12.0 Å². The number of halogens is 1. The zero-order valence-electron chi connectivity index (χ0n) is 13.5. The van der Waals surface area contributed by atoms with E-state index < -0.39 is 5.60 Å². The van der Waals surface area contributed by atoms with Crippen molar-refractivity contribution in [1.29, 1.82) is 0 Å². The molecule has 1 amide bonds. The number of nitrogens with one attached hydrogen (secondary N) is 1. The van der Waals surface area contributed by atoms with Crippen LogP contribution in [-0.2, 0) is 12.8 Å². The SMILES string of the molecule is COc1ccc(Cl)cc1C(=O)NCC1(O)CCc2ccccc2C1. The summed E-state index contributed by atoms with van der Waals surface area (Å²) in [4.78, 5) is 12.4. The molecule has 0 bridgehead atoms. The number of fused-ring (bicyclic) bond motifs is 1. The molecule has 126 valence electrons.